The van der Waals surface area contributed by atoms with Crippen LogP contribution in [0.3, 0.4) is 0 Å². The van der Waals surface area contributed by atoms with Crippen molar-refractivity contribution in [2.75, 3.05) is 5.88 Å². The Hall–Kier alpha value is -1.13. The molecule has 1 rings (SSSR count). The maximum atomic E-state index is 5.95. The summed E-state index contributed by atoms with van der Waals surface area (Å²) in [5.41, 5.74) is 2.11. The molecule has 1 aromatic carbocycles. The second kappa shape index (κ2) is 7.25. The Bertz CT molecular complexity index is 411. The summed E-state index contributed by atoms with van der Waals surface area (Å²) in [6.45, 7) is 6.31. The summed E-state index contributed by atoms with van der Waals surface area (Å²) in [5, 5.41) is 0. The molecule has 0 amide bonds. The molecule has 1 aromatic rings. The van der Waals surface area contributed by atoms with Gasteiger partial charge in [-0.25, -0.2) is 0 Å². The second-order valence-corrected chi connectivity index (χ2v) is 4.26. The van der Waals surface area contributed by atoms with Crippen LogP contribution in [-0.2, 0) is 0 Å². The molecule has 0 spiro atoms. The fourth-order valence-corrected chi connectivity index (χ4v) is 1.67. The van der Waals surface area contributed by atoms with Gasteiger partial charge in [0.2, 0.25) is 0 Å². The molecule has 2 heteroatoms. The largest absolute Gasteiger partial charge is 0.489 e. The van der Waals surface area contributed by atoms with Gasteiger partial charge < -0.3 is 4.74 Å². The van der Waals surface area contributed by atoms with E-state index in [1.807, 2.05) is 25.1 Å². The lowest BCUT2D eigenvalue weighted by molar-refractivity contribution is 0.192. The van der Waals surface area contributed by atoms with Crippen molar-refractivity contribution >= 4 is 11.6 Å². The normalized spacial score (nSPS) is 9.94. The minimum absolute atomic E-state index is 0.259. The van der Waals surface area contributed by atoms with Gasteiger partial charge in [0.15, 0.2) is 0 Å². The molecule has 0 N–H and O–H groups in total. The maximum Gasteiger partial charge on any atom is 0.135 e. The molecule has 0 aromatic heterocycles. The molecule has 0 fully saturated rings. The zero-order chi connectivity index (χ0) is 12.7. The van der Waals surface area contributed by atoms with Gasteiger partial charge >= 0.3 is 0 Å². The molecule has 1 nitrogen and oxygen atoms in total. The van der Waals surface area contributed by atoms with E-state index in [1.54, 1.807) is 0 Å². The number of hydrogen-bond donors (Lipinski definition) is 0. The topological polar surface area (TPSA) is 9.23 Å². The van der Waals surface area contributed by atoms with Gasteiger partial charge in [0, 0.05) is 0 Å². The van der Waals surface area contributed by atoms with Crippen molar-refractivity contribution in [3.63, 3.8) is 0 Å². The van der Waals surface area contributed by atoms with E-state index < -0.39 is 0 Å². The van der Waals surface area contributed by atoms with Crippen LogP contribution in [-0.4, -0.2) is 12.0 Å². The Labute approximate surface area is 109 Å². The van der Waals surface area contributed by atoms with E-state index >= 15 is 0 Å². The van der Waals surface area contributed by atoms with Crippen molar-refractivity contribution in [3.05, 3.63) is 29.3 Å². The van der Waals surface area contributed by atoms with Crippen LogP contribution in [0.1, 0.15) is 37.8 Å². The molecule has 17 heavy (non-hydrogen) atoms. The van der Waals surface area contributed by atoms with Crippen LogP contribution in [0.15, 0.2) is 18.2 Å². The first-order chi connectivity index (χ1) is 8.21. The number of ether oxygens (including phenoxy) is 1. The van der Waals surface area contributed by atoms with Crippen molar-refractivity contribution in [3.8, 4) is 17.6 Å². The SMILES string of the molecule is CCC(CC)Oc1ccc(C)cc1C#CCCl. The van der Waals surface area contributed by atoms with Gasteiger partial charge in [0.1, 0.15) is 5.75 Å². The van der Waals surface area contributed by atoms with Gasteiger partial charge in [-0.05, 0) is 37.5 Å². The summed E-state index contributed by atoms with van der Waals surface area (Å²) < 4.78 is 5.95. The average molecular weight is 251 g/mol. The number of benzene rings is 1. The predicted molar refractivity (Wildman–Crippen MR) is 73.8 cm³/mol. The summed E-state index contributed by atoms with van der Waals surface area (Å²) in [4.78, 5) is 0. The van der Waals surface area contributed by atoms with Crippen LogP contribution in [0.4, 0.5) is 0 Å². The third kappa shape index (κ3) is 4.32. The quantitative estimate of drug-likeness (QED) is 0.576. The Balaban J connectivity index is 2.97. The number of aryl methyl sites for hydroxylation is 1. The smallest absolute Gasteiger partial charge is 0.135 e. The van der Waals surface area contributed by atoms with Crippen LogP contribution < -0.4 is 4.74 Å². The van der Waals surface area contributed by atoms with E-state index in [1.165, 1.54) is 5.56 Å². The Morgan fingerprint density at radius 1 is 1.29 bits per heavy atom. The van der Waals surface area contributed by atoms with Crippen LogP contribution >= 0.6 is 11.6 Å². The molecular weight excluding hydrogens is 232 g/mol. The standard InChI is InChI=1S/C15H19ClO/c1-4-14(5-2)17-15-9-8-12(3)11-13(15)7-6-10-16/h8-9,11,14H,4-5,10H2,1-3H3. The number of rotatable bonds is 4. The Morgan fingerprint density at radius 2 is 2.00 bits per heavy atom. The van der Waals surface area contributed by atoms with Gasteiger partial charge in [-0.2, -0.15) is 0 Å². The highest BCUT2D eigenvalue weighted by atomic mass is 35.5. The highest BCUT2D eigenvalue weighted by Crippen LogP contribution is 2.22. The first-order valence-electron chi connectivity index (χ1n) is 6.03. The van der Waals surface area contributed by atoms with Crippen LogP contribution in [0.5, 0.6) is 5.75 Å². The molecule has 0 aliphatic heterocycles. The number of hydrogen-bond acceptors (Lipinski definition) is 1. The zero-order valence-corrected chi connectivity index (χ0v) is 11.5. The summed E-state index contributed by atoms with van der Waals surface area (Å²) >= 11 is 5.59. The number of halogens is 1. The minimum atomic E-state index is 0.259. The van der Waals surface area contributed by atoms with Crippen LogP contribution in [0.25, 0.3) is 0 Å². The molecular formula is C15H19ClO. The Morgan fingerprint density at radius 3 is 2.59 bits per heavy atom. The van der Waals surface area contributed by atoms with Crippen LogP contribution in [0.2, 0.25) is 0 Å². The highest BCUT2D eigenvalue weighted by Gasteiger charge is 2.08. The molecule has 0 atom stereocenters. The number of alkyl halides is 1. The molecule has 0 aliphatic rings. The molecule has 92 valence electrons. The second-order valence-electron chi connectivity index (χ2n) is 3.99. The van der Waals surface area contributed by atoms with Crippen molar-refractivity contribution in [1.82, 2.24) is 0 Å². The van der Waals surface area contributed by atoms with Gasteiger partial charge in [-0.3, -0.25) is 0 Å². The first kappa shape index (κ1) is 13.9. The zero-order valence-electron chi connectivity index (χ0n) is 10.7. The van der Waals surface area contributed by atoms with E-state index in [2.05, 4.69) is 25.7 Å². The fourth-order valence-electron chi connectivity index (χ4n) is 1.61. The van der Waals surface area contributed by atoms with Gasteiger partial charge in [-0.15, -0.1) is 11.6 Å². The van der Waals surface area contributed by atoms with Crippen molar-refractivity contribution in [1.29, 1.82) is 0 Å². The van der Waals surface area contributed by atoms with Crippen LogP contribution in [0, 0.1) is 18.8 Å². The van der Waals surface area contributed by atoms with E-state index in [0.717, 1.165) is 24.2 Å². The monoisotopic (exact) mass is 250 g/mol. The van der Waals surface area contributed by atoms with Crippen molar-refractivity contribution < 1.29 is 4.74 Å². The summed E-state index contributed by atoms with van der Waals surface area (Å²) in [6.07, 6.45) is 2.27. The molecule has 0 saturated heterocycles. The molecule has 0 unspecified atom stereocenters. The van der Waals surface area contributed by atoms with Gasteiger partial charge in [0.05, 0.1) is 17.5 Å². The molecule has 0 aliphatic carbocycles. The predicted octanol–water partition coefficient (Wildman–Crippen LogP) is 4.15. The third-order valence-electron chi connectivity index (χ3n) is 2.63. The van der Waals surface area contributed by atoms with Gasteiger partial charge in [0.25, 0.3) is 0 Å². The highest BCUT2D eigenvalue weighted by molar-refractivity contribution is 6.19. The van der Waals surface area contributed by atoms with E-state index in [4.69, 9.17) is 16.3 Å². The lowest BCUT2D eigenvalue weighted by Crippen LogP contribution is -2.14. The van der Waals surface area contributed by atoms with Crippen molar-refractivity contribution in [2.45, 2.75) is 39.7 Å². The fraction of sp³-hybridized carbons (Fsp3) is 0.467. The Kier molecular flexibility index (Phi) is 5.94. The average Bonchev–Trinajstić information content (AvgIpc) is 2.35. The minimum Gasteiger partial charge on any atom is -0.489 e. The summed E-state index contributed by atoms with van der Waals surface area (Å²) in [6, 6.07) is 6.08. The molecule has 0 heterocycles. The third-order valence-corrected chi connectivity index (χ3v) is 2.76. The molecule has 0 saturated carbocycles. The molecule has 0 radical (unpaired) electrons. The molecule has 0 bridgehead atoms. The van der Waals surface area contributed by atoms with E-state index in [-0.39, 0.29) is 6.10 Å². The lowest BCUT2D eigenvalue weighted by Gasteiger charge is -2.17. The first-order valence-corrected chi connectivity index (χ1v) is 6.56. The van der Waals surface area contributed by atoms with Crippen molar-refractivity contribution in [2.24, 2.45) is 0 Å². The lowest BCUT2D eigenvalue weighted by atomic mass is 10.1. The summed E-state index contributed by atoms with van der Waals surface area (Å²) in [5.74, 6) is 7.14. The van der Waals surface area contributed by atoms with Gasteiger partial charge in [-0.1, -0.05) is 31.8 Å². The maximum absolute atomic E-state index is 5.95. The van der Waals surface area contributed by atoms with E-state index in [9.17, 15) is 0 Å². The summed E-state index contributed by atoms with van der Waals surface area (Å²) in [7, 11) is 0. The van der Waals surface area contributed by atoms with E-state index in [0.29, 0.717) is 5.88 Å².